The number of Topliss-reactive ketones (excluding diaryl/α,β-unsaturated/α-hetero) is 1. The van der Waals surface area contributed by atoms with Crippen molar-refractivity contribution in [2.24, 2.45) is 0 Å². The second-order valence-electron chi connectivity index (χ2n) is 1.99. The first kappa shape index (κ1) is 6.06. The third kappa shape index (κ3) is 1.41. The average molecular weight is 120 g/mol. The van der Waals surface area contributed by atoms with E-state index in [4.69, 9.17) is 0 Å². The van der Waals surface area contributed by atoms with E-state index < -0.39 is 0 Å². The fourth-order valence-corrected chi connectivity index (χ4v) is 0.715. The summed E-state index contributed by atoms with van der Waals surface area (Å²) in [6.07, 6.45) is 6.17. The number of hydrogen-bond acceptors (Lipinski definition) is 1. The molecule has 9 heavy (non-hydrogen) atoms. The van der Waals surface area contributed by atoms with Crippen LogP contribution >= 0.6 is 0 Å². The van der Waals surface area contributed by atoms with Crippen LogP contribution in [0.3, 0.4) is 0 Å². The third-order valence-corrected chi connectivity index (χ3v) is 1.27. The fraction of sp³-hybridized carbons (Fsp3) is 0.250. The van der Waals surface area contributed by atoms with Crippen LogP contribution in [0, 0.1) is 0 Å². The minimum atomic E-state index is 0.156. The quantitative estimate of drug-likeness (QED) is 0.480. The van der Waals surface area contributed by atoms with Crippen LogP contribution in [-0.4, -0.2) is 5.78 Å². The summed E-state index contributed by atoms with van der Waals surface area (Å²) in [5, 5.41) is 0. The Labute approximate surface area is 54.4 Å². The van der Waals surface area contributed by atoms with Gasteiger partial charge in [0.05, 0.1) is 0 Å². The van der Waals surface area contributed by atoms with Gasteiger partial charge in [0, 0.05) is 6.42 Å². The normalized spacial score (nSPS) is 15.4. The van der Waals surface area contributed by atoms with Gasteiger partial charge in [0.15, 0.2) is 5.78 Å². The van der Waals surface area contributed by atoms with Crippen molar-refractivity contribution in [3.8, 4) is 0 Å². The van der Waals surface area contributed by atoms with Crippen molar-refractivity contribution < 1.29 is 4.79 Å². The average Bonchev–Trinajstić information content (AvgIpc) is 1.90. The highest BCUT2D eigenvalue weighted by atomic mass is 16.1. The van der Waals surface area contributed by atoms with Gasteiger partial charge in [0.2, 0.25) is 0 Å². The van der Waals surface area contributed by atoms with Crippen LogP contribution in [0.2, 0.25) is 0 Å². The minimum Gasteiger partial charge on any atom is -0.295 e. The zero-order chi connectivity index (χ0) is 6.69. The van der Waals surface area contributed by atoms with Gasteiger partial charge >= 0.3 is 0 Å². The molecule has 0 bridgehead atoms. The molecule has 0 aromatic rings. The number of ketones is 1. The second kappa shape index (κ2) is 2.47. The molecule has 0 heterocycles. The van der Waals surface area contributed by atoms with Crippen LogP contribution in [0.1, 0.15) is 13.3 Å². The van der Waals surface area contributed by atoms with Gasteiger partial charge in [-0.2, -0.15) is 0 Å². The molecule has 1 aliphatic carbocycles. The molecular formula is C8H8O. The van der Waals surface area contributed by atoms with Crippen molar-refractivity contribution in [1.82, 2.24) is 0 Å². The predicted octanol–water partition coefficient (Wildman–Crippen LogP) is 1.62. The molecule has 1 heteroatoms. The Bertz CT molecular complexity index is 215. The molecule has 0 unspecified atom stereocenters. The largest absolute Gasteiger partial charge is 0.295 e. The molecule has 0 amide bonds. The lowest BCUT2D eigenvalue weighted by Gasteiger charge is -1.97. The molecule has 0 saturated carbocycles. The molecule has 0 radical (unpaired) electrons. The molecule has 0 aromatic heterocycles. The first-order chi connectivity index (χ1) is 4.30. The molecule has 1 nitrogen and oxygen atoms in total. The summed E-state index contributed by atoms with van der Waals surface area (Å²) in [6.45, 7) is 1.58. The van der Waals surface area contributed by atoms with E-state index in [1.165, 1.54) is 0 Å². The molecule has 0 aromatic carbocycles. The Morgan fingerprint density at radius 2 is 2.56 bits per heavy atom. The summed E-state index contributed by atoms with van der Waals surface area (Å²) < 4.78 is 0. The standard InChI is InChI=1S/C8H8O/c1-7(9)8-5-3-2-4-6-8/h3-5H,6H2,1H3. The van der Waals surface area contributed by atoms with Crippen molar-refractivity contribution in [1.29, 1.82) is 0 Å². The molecule has 0 spiro atoms. The van der Waals surface area contributed by atoms with Crippen molar-refractivity contribution >= 4 is 5.78 Å². The van der Waals surface area contributed by atoms with E-state index in [2.05, 4.69) is 5.73 Å². The monoisotopic (exact) mass is 120 g/mol. The highest BCUT2D eigenvalue weighted by Gasteiger charge is 2.00. The van der Waals surface area contributed by atoms with Gasteiger partial charge in [0.25, 0.3) is 0 Å². The molecule has 1 aliphatic rings. The Morgan fingerprint density at radius 3 is 2.89 bits per heavy atom. The van der Waals surface area contributed by atoms with Gasteiger partial charge in [-0.15, -0.1) is 5.73 Å². The zero-order valence-electron chi connectivity index (χ0n) is 5.35. The van der Waals surface area contributed by atoms with Gasteiger partial charge in [-0.1, -0.05) is 0 Å². The number of carbonyl (C=O) groups is 1. The Morgan fingerprint density at radius 1 is 1.78 bits per heavy atom. The molecule has 46 valence electrons. The van der Waals surface area contributed by atoms with Crippen molar-refractivity contribution in [3.63, 3.8) is 0 Å². The highest BCUT2D eigenvalue weighted by Crippen LogP contribution is 2.06. The lowest BCUT2D eigenvalue weighted by Crippen LogP contribution is -1.95. The van der Waals surface area contributed by atoms with E-state index in [0.717, 1.165) is 12.0 Å². The van der Waals surface area contributed by atoms with Crippen molar-refractivity contribution in [2.45, 2.75) is 13.3 Å². The maximum atomic E-state index is 10.7. The lowest BCUT2D eigenvalue weighted by atomic mass is 10.1. The third-order valence-electron chi connectivity index (χ3n) is 1.27. The fourth-order valence-electron chi connectivity index (χ4n) is 0.715. The minimum absolute atomic E-state index is 0.156. The van der Waals surface area contributed by atoms with Gasteiger partial charge in [-0.05, 0) is 30.7 Å². The van der Waals surface area contributed by atoms with Crippen LogP contribution < -0.4 is 0 Å². The summed E-state index contributed by atoms with van der Waals surface area (Å²) in [4.78, 5) is 10.7. The summed E-state index contributed by atoms with van der Waals surface area (Å²) in [5.74, 6) is 0.156. The van der Waals surface area contributed by atoms with Crippen LogP contribution in [0.15, 0.2) is 29.5 Å². The Balaban J connectivity index is 2.78. The second-order valence-corrected chi connectivity index (χ2v) is 1.99. The maximum Gasteiger partial charge on any atom is 0.156 e. The Hall–Kier alpha value is -1.07. The molecule has 0 aliphatic heterocycles. The number of allylic oxidation sites excluding steroid dienone is 3. The SMILES string of the molecule is CC(=O)C1=CC=C=CC1. The summed E-state index contributed by atoms with van der Waals surface area (Å²) in [6, 6.07) is 0. The summed E-state index contributed by atoms with van der Waals surface area (Å²) >= 11 is 0. The van der Waals surface area contributed by atoms with E-state index in [0.29, 0.717) is 0 Å². The predicted molar refractivity (Wildman–Crippen MR) is 36.0 cm³/mol. The summed E-state index contributed by atoms with van der Waals surface area (Å²) in [5.41, 5.74) is 3.76. The van der Waals surface area contributed by atoms with Crippen LogP contribution in [0.25, 0.3) is 0 Å². The van der Waals surface area contributed by atoms with Gasteiger partial charge in [-0.25, -0.2) is 0 Å². The topological polar surface area (TPSA) is 17.1 Å². The number of carbonyl (C=O) groups excluding carboxylic acids is 1. The maximum absolute atomic E-state index is 10.7. The van der Waals surface area contributed by atoms with Crippen molar-refractivity contribution in [3.05, 3.63) is 29.5 Å². The van der Waals surface area contributed by atoms with Gasteiger partial charge in [0.1, 0.15) is 0 Å². The molecule has 0 atom stereocenters. The molecule has 0 saturated heterocycles. The van der Waals surface area contributed by atoms with Crippen LogP contribution in [-0.2, 0) is 4.79 Å². The first-order valence-electron chi connectivity index (χ1n) is 2.92. The smallest absolute Gasteiger partial charge is 0.156 e. The number of rotatable bonds is 1. The molecule has 0 N–H and O–H groups in total. The van der Waals surface area contributed by atoms with E-state index in [1.54, 1.807) is 13.0 Å². The van der Waals surface area contributed by atoms with E-state index in [1.807, 2.05) is 12.2 Å². The zero-order valence-corrected chi connectivity index (χ0v) is 5.35. The van der Waals surface area contributed by atoms with Crippen molar-refractivity contribution in [2.75, 3.05) is 0 Å². The van der Waals surface area contributed by atoms with Crippen LogP contribution in [0.4, 0.5) is 0 Å². The Kier molecular flexibility index (Phi) is 1.66. The highest BCUT2D eigenvalue weighted by molar-refractivity contribution is 5.93. The summed E-state index contributed by atoms with van der Waals surface area (Å²) in [7, 11) is 0. The number of hydrogen-bond donors (Lipinski definition) is 0. The van der Waals surface area contributed by atoms with E-state index in [9.17, 15) is 4.79 Å². The molecular weight excluding hydrogens is 112 g/mol. The lowest BCUT2D eigenvalue weighted by molar-refractivity contribution is -0.113. The van der Waals surface area contributed by atoms with E-state index in [-0.39, 0.29) is 5.78 Å². The molecule has 1 rings (SSSR count). The van der Waals surface area contributed by atoms with Gasteiger partial charge in [-0.3, -0.25) is 4.79 Å². The van der Waals surface area contributed by atoms with Crippen LogP contribution in [0.5, 0.6) is 0 Å². The van der Waals surface area contributed by atoms with Gasteiger partial charge < -0.3 is 0 Å². The van der Waals surface area contributed by atoms with E-state index >= 15 is 0 Å². The molecule has 0 fully saturated rings. The first-order valence-corrected chi connectivity index (χ1v) is 2.92.